The summed E-state index contributed by atoms with van der Waals surface area (Å²) in [6, 6.07) is 20.3. The van der Waals surface area contributed by atoms with Gasteiger partial charge in [-0.3, -0.25) is 9.44 Å². The molecule has 4 rings (SSSR count). The van der Waals surface area contributed by atoms with Crippen LogP contribution in [0.4, 0.5) is 11.4 Å². The number of aromatic amines is 2. The number of benzene rings is 2. The van der Waals surface area contributed by atoms with Crippen LogP contribution in [0, 0.1) is 13.8 Å². The lowest BCUT2D eigenvalue weighted by Gasteiger charge is -2.06. The summed E-state index contributed by atoms with van der Waals surface area (Å²) in [5.41, 5.74) is 3.06. The summed E-state index contributed by atoms with van der Waals surface area (Å²) in [7, 11) is -7.00. The van der Waals surface area contributed by atoms with Crippen molar-refractivity contribution in [1.29, 1.82) is 0 Å². The van der Waals surface area contributed by atoms with Gasteiger partial charge in [-0.25, -0.2) is 26.8 Å². The number of anilines is 2. The van der Waals surface area contributed by atoms with E-state index < -0.39 is 20.0 Å². The molecule has 2 aromatic heterocycles. The van der Waals surface area contributed by atoms with Crippen LogP contribution < -0.4 is 53.4 Å². The molecule has 0 bridgehead atoms. The highest BCUT2D eigenvalue weighted by Gasteiger charge is 2.15. The first-order valence-corrected chi connectivity index (χ1v) is 13.2. The van der Waals surface area contributed by atoms with Gasteiger partial charge in [-0.1, -0.05) is 35.4 Å². The highest BCUT2D eigenvalue weighted by atomic mass is 79.9. The molecule has 0 unspecified atom stereocenters. The zero-order valence-corrected chi connectivity index (χ0v) is 24.2. The summed E-state index contributed by atoms with van der Waals surface area (Å²) in [5.74, 6) is 0. The molecule has 192 valence electrons. The minimum Gasteiger partial charge on any atom is -1.00 e. The fraction of sp³-hybridized carbons (Fsp3) is 0.0833. The Kier molecular flexibility index (Phi) is 12.2. The molecule has 0 aliphatic heterocycles. The van der Waals surface area contributed by atoms with Gasteiger partial charge in [0.25, 0.3) is 20.0 Å². The van der Waals surface area contributed by atoms with E-state index in [1.54, 1.807) is 97.6 Å². The number of rotatable bonds is 6. The topological polar surface area (TPSA) is 121 Å². The van der Waals surface area contributed by atoms with Crippen molar-refractivity contribution < 1.29 is 60.8 Å². The van der Waals surface area contributed by atoms with Crippen LogP contribution in [0.3, 0.4) is 0 Å². The number of hydrogen-bond donors (Lipinski definition) is 2. The van der Waals surface area contributed by atoms with Crippen LogP contribution in [0.2, 0.25) is 0 Å². The second-order valence-corrected chi connectivity index (χ2v) is 10.8. The van der Waals surface area contributed by atoms with E-state index in [9.17, 15) is 16.8 Å². The lowest BCUT2D eigenvalue weighted by molar-refractivity contribution is -0.377. The van der Waals surface area contributed by atoms with E-state index in [1.165, 1.54) is 0 Å². The molecule has 2 heterocycles. The quantitative estimate of drug-likeness (QED) is 0.233. The van der Waals surface area contributed by atoms with Gasteiger partial charge in [0.15, 0.2) is 24.8 Å². The normalized spacial score (nSPS) is 10.5. The molecule has 0 spiro atoms. The van der Waals surface area contributed by atoms with E-state index in [2.05, 4.69) is 19.4 Å². The molecule has 0 saturated heterocycles. The van der Waals surface area contributed by atoms with E-state index in [0.717, 1.165) is 11.1 Å². The number of H-pyrrole nitrogens is 2. The second kappa shape index (κ2) is 14.1. The van der Waals surface area contributed by atoms with Gasteiger partial charge in [-0.2, -0.15) is 0 Å². The number of aromatic nitrogens is 2. The van der Waals surface area contributed by atoms with E-state index in [0.29, 0.717) is 11.4 Å². The molecule has 0 saturated carbocycles. The number of halogens is 2. The number of sulfonamides is 2. The molecule has 0 atom stereocenters. The van der Waals surface area contributed by atoms with Crippen LogP contribution in [-0.4, -0.2) is 16.8 Å². The van der Waals surface area contributed by atoms with Gasteiger partial charge in [0.1, 0.15) is 11.4 Å². The summed E-state index contributed by atoms with van der Waals surface area (Å²) in [6.45, 7) is 3.83. The Morgan fingerprint density at radius 3 is 1.17 bits per heavy atom. The largest absolute Gasteiger partial charge is 1.00 e. The van der Waals surface area contributed by atoms with Gasteiger partial charge >= 0.3 is 0 Å². The molecule has 8 nitrogen and oxygen atoms in total. The van der Waals surface area contributed by atoms with Crippen LogP contribution in [0.1, 0.15) is 11.1 Å². The first-order valence-electron chi connectivity index (χ1n) is 10.3. The average Bonchev–Trinajstić information content (AvgIpc) is 2.81. The van der Waals surface area contributed by atoms with Crippen LogP contribution in [0.25, 0.3) is 0 Å². The first kappa shape index (κ1) is 31.2. The van der Waals surface area contributed by atoms with Crippen molar-refractivity contribution in [3.8, 4) is 0 Å². The van der Waals surface area contributed by atoms with Crippen LogP contribution in [-0.2, 0) is 20.0 Å². The van der Waals surface area contributed by atoms with Gasteiger partial charge in [0.05, 0.1) is 9.79 Å². The number of nitrogens with one attached hydrogen (secondary N) is 4. The van der Waals surface area contributed by atoms with Crippen molar-refractivity contribution in [3.05, 3.63) is 109 Å². The Bertz CT molecular complexity index is 1310. The Hall–Kier alpha value is -2.80. The second-order valence-electron chi connectivity index (χ2n) is 7.42. The van der Waals surface area contributed by atoms with Crippen LogP contribution >= 0.6 is 0 Å². The third-order valence-electron chi connectivity index (χ3n) is 4.58. The lowest BCUT2D eigenvalue weighted by atomic mass is 10.2. The molecule has 0 aliphatic rings. The standard InChI is InChI=1S/2C12H12N2O2S.2BrH/c2*1-10-4-6-12(7-5-10)17(15,16)14-11-3-2-8-13-9-11;;/h2*2-9,14H,1H3;2*1H. The summed E-state index contributed by atoms with van der Waals surface area (Å²) >= 11 is 0. The predicted molar refractivity (Wildman–Crippen MR) is 130 cm³/mol. The van der Waals surface area contributed by atoms with E-state index in [-0.39, 0.29) is 43.8 Å². The number of aryl methyl sites for hydroxylation is 2. The fourth-order valence-corrected chi connectivity index (χ4v) is 4.88. The Morgan fingerprint density at radius 1 is 0.556 bits per heavy atom. The lowest BCUT2D eigenvalue weighted by Crippen LogP contribution is -3.00. The predicted octanol–water partition coefficient (Wildman–Crippen LogP) is -2.77. The van der Waals surface area contributed by atoms with Gasteiger partial charge < -0.3 is 34.0 Å². The summed E-state index contributed by atoms with van der Waals surface area (Å²) in [4.78, 5) is 6.15. The van der Waals surface area contributed by atoms with Gasteiger partial charge in [0.2, 0.25) is 0 Å². The molecule has 2 aromatic carbocycles. The third kappa shape index (κ3) is 9.34. The maximum atomic E-state index is 12.0. The van der Waals surface area contributed by atoms with Gasteiger partial charge in [-0.05, 0) is 50.2 Å². The van der Waals surface area contributed by atoms with Crippen molar-refractivity contribution in [2.75, 3.05) is 9.44 Å². The highest BCUT2D eigenvalue weighted by molar-refractivity contribution is 7.93. The summed E-state index contributed by atoms with van der Waals surface area (Å²) < 4.78 is 52.9. The van der Waals surface area contributed by atoms with E-state index in [1.807, 2.05) is 13.8 Å². The fourth-order valence-electron chi connectivity index (χ4n) is 2.78. The molecule has 4 aromatic rings. The molecule has 0 radical (unpaired) electrons. The third-order valence-corrected chi connectivity index (χ3v) is 7.38. The zero-order chi connectivity index (χ0) is 24.6. The van der Waals surface area contributed by atoms with Crippen molar-refractivity contribution in [2.45, 2.75) is 23.6 Å². The maximum absolute atomic E-state index is 12.0. The Labute approximate surface area is 232 Å². The first-order chi connectivity index (χ1) is 16.2. The number of hydrogen-bond acceptors (Lipinski definition) is 4. The molecule has 36 heavy (non-hydrogen) atoms. The van der Waals surface area contributed by atoms with Crippen LogP contribution in [0.15, 0.2) is 107 Å². The maximum Gasteiger partial charge on any atom is 0.262 e. The van der Waals surface area contributed by atoms with Crippen molar-refractivity contribution in [1.82, 2.24) is 0 Å². The smallest absolute Gasteiger partial charge is 0.262 e. The summed E-state index contributed by atoms with van der Waals surface area (Å²) in [6.07, 6.45) is 6.60. The van der Waals surface area contributed by atoms with Crippen molar-refractivity contribution in [3.63, 3.8) is 0 Å². The van der Waals surface area contributed by atoms with Gasteiger partial charge in [-0.15, -0.1) is 0 Å². The van der Waals surface area contributed by atoms with Crippen LogP contribution in [0.5, 0.6) is 0 Å². The van der Waals surface area contributed by atoms with Gasteiger partial charge in [0, 0.05) is 12.1 Å². The molecular weight excluding hydrogens is 632 g/mol. The summed E-state index contributed by atoms with van der Waals surface area (Å²) in [5, 5.41) is 0. The molecule has 0 aliphatic carbocycles. The Morgan fingerprint density at radius 2 is 0.889 bits per heavy atom. The molecule has 0 fully saturated rings. The van der Waals surface area contributed by atoms with E-state index >= 15 is 0 Å². The minimum atomic E-state index is -3.50. The molecule has 4 N–H and O–H groups in total. The SMILES string of the molecule is Cc1ccc(S(=O)(=O)Nc2ccc[nH+]c2)cc1.Cc1ccc(S(=O)(=O)Nc2ccc[nH+]c2)cc1.[Br-].[Br-]. The number of pyridine rings is 2. The van der Waals surface area contributed by atoms with E-state index in [4.69, 9.17) is 0 Å². The zero-order valence-electron chi connectivity index (χ0n) is 19.4. The highest BCUT2D eigenvalue weighted by Crippen LogP contribution is 2.15. The molecule has 0 amide bonds. The average molecular weight is 658 g/mol. The monoisotopic (exact) mass is 656 g/mol. The molecule has 12 heteroatoms. The Balaban J connectivity index is 0.000000341. The minimum absolute atomic E-state index is 0. The molecular formula is C24H26Br2N4O4S2. The van der Waals surface area contributed by atoms with Crippen molar-refractivity contribution in [2.24, 2.45) is 0 Å². The van der Waals surface area contributed by atoms with Crippen molar-refractivity contribution >= 4 is 31.4 Å².